The fraction of sp³-hybridized carbons (Fsp3) is 0.0857. The summed E-state index contributed by atoms with van der Waals surface area (Å²) >= 11 is 5.74. The maximum atomic E-state index is 5.74. The van der Waals surface area contributed by atoms with Crippen LogP contribution in [-0.2, 0) is 39.1 Å². The summed E-state index contributed by atoms with van der Waals surface area (Å²) in [4.78, 5) is 12.8. The van der Waals surface area contributed by atoms with Gasteiger partial charge in [0.25, 0.3) is 0 Å². The van der Waals surface area contributed by atoms with Gasteiger partial charge in [0.2, 0.25) is 0 Å². The number of fused-ring (bicyclic) bond motifs is 3. The van der Waals surface area contributed by atoms with Crippen molar-refractivity contribution in [3.05, 3.63) is 133 Å². The van der Waals surface area contributed by atoms with Crippen molar-refractivity contribution in [2.45, 2.75) is 24.2 Å². The summed E-state index contributed by atoms with van der Waals surface area (Å²) in [6.07, 6.45) is 1.83. The van der Waals surface area contributed by atoms with Gasteiger partial charge in [0.1, 0.15) is 5.82 Å². The van der Waals surface area contributed by atoms with Crippen LogP contribution in [0.1, 0.15) is 25.0 Å². The van der Waals surface area contributed by atoms with Crippen molar-refractivity contribution in [3.8, 4) is 22.4 Å². The molecule has 7 rings (SSSR count). The molecule has 0 saturated carbocycles. The van der Waals surface area contributed by atoms with E-state index in [2.05, 4.69) is 104 Å². The quantitative estimate of drug-likeness (QED) is 0.136. The first-order valence-corrected chi connectivity index (χ1v) is 13.5. The van der Waals surface area contributed by atoms with E-state index in [0.29, 0.717) is 0 Å². The molecule has 196 valence electrons. The largest absolute Gasteiger partial charge is 2.00 e. The summed E-state index contributed by atoms with van der Waals surface area (Å²) in [5.41, 5.74) is 9.27. The molecule has 5 heteroatoms. The smallest absolute Gasteiger partial charge is 0.778 e. The van der Waals surface area contributed by atoms with Gasteiger partial charge in [-0.15, -0.1) is 28.7 Å². The van der Waals surface area contributed by atoms with Crippen LogP contribution >= 0.6 is 0 Å². The predicted molar refractivity (Wildman–Crippen MR) is 162 cm³/mol. The molecule has 0 bridgehead atoms. The zero-order valence-corrected chi connectivity index (χ0v) is 25.1. The van der Waals surface area contributed by atoms with E-state index < -0.39 is 0 Å². The number of aromatic nitrogens is 2. The van der Waals surface area contributed by atoms with E-state index >= 15 is 0 Å². The molecule has 0 unspecified atom stereocenters. The topological polar surface area (TPSA) is 29.0 Å². The van der Waals surface area contributed by atoms with E-state index in [9.17, 15) is 0 Å². The summed E-state index contributed by atoms with van der Waals surface area (Å²) < 4.78 is 0. The molecule has 2 aromatic heterocycles. The van der Waals surface area contributed by atoms with Crippen LogP contribution < -0.4 is 4.90 Å². The van der Waals surface area contributed by atoms with Crippen molar-refractivity contribution in [2.75, 3.05) is 4.90 Å². The van der Waals surface area contributed by atoms with Crippen molar-refractivity contribution in [1.29, 1.82) is 0 Å². The number of benzene rings is 4. The van der Waals surface area contributed by atoms with Gasteiger partial charge in [0.05, 0.1) is 0 Å². The van der Waals surface area contributed by atoms with E-state index in [1.807, 2.05) is 36.5 Å². The molecule has 0 amide bonds. The minimum Gasteiger partial charge on any atom is -0.778 e. The zero-order chi connectivity index (χ0) is 26.6. The molecule has 3 nitrogen and oxygen atoms in total. The van der Waals surface area contributed by atoms with Gasteiger partial charge in [-0.2, -0.15) is 0 Å². The predicted octanol–water partition coefficient (Wildman–Crippen LogP) is 8.78. The summed E-state index contributed by atoms with van der Waals surface area (Å²) in [6, 6.07) is 41.3. The second-order valence-electron chi connectivity index (χ2n) is 10.4. The molecule has 4 aromatic carbocycles. The van der Waals surface area contributed by atoms with Gasteiger partial charge >= 0.3 is 21.1 Å². The van der Waals surface area contributed by atoms with Crippen LogP contribution in [0.3, 0.4) is 0 Å². The minimum absolute atomic E-state index is 0. The number of rotatable bonds is 3. The first-order chi connectivity index (χ1) is 19.0. The number of hydrogen-bond acceptors (Lipinski definition) is 4. The number of para-hydroxylation sites is 1. The van der Waals surface area contributed by atoms with Crippen LogP contribution in [0, 0.1) is 6.07 Å². The van der Waals surface area contributed by atoms with Crippen LogP contribution in [0.4, 0.5) is 17.2 Å². The Balaban J connectivity index is 0.00000289. The molecule has 1 aliphatic rings. The van der Waals surface area contributed by atoms with Crippen LogP contribution in [0.2, 0.25) is 0 Å². The van der Waals surface area contributed by atoms with Crippen molar-refractivity contribution in [2.24, 2.45) is 0 Å². The van der Waals surface area contributed by atoms with E-state index in [0.717, 1.165) is 55.4 Å². The Morgan fingerprint density at radius 1 is 0.750 bits per heavy atom. The average molecular weight is 715 g/mol. The Hall–Kier alpha value is -3.85. The first-order valence-electron chi connectivity index (χ1n) is 13.1. The number of pyridine rings is 2. The summed E-state index contributed by atoms with van der Waals surface area (Å²) in [5.74, 6) is 0.863. The Bertz CT molecular complexity index is 1850. The fourth-order valence-corrected chi connectivity index (χ4v) is 5.93. The van der Waals surface area contributed by atoms with Gasteiger partial charge < -0.3 is 17.5 Å². The first kappa shape index (κ1) is 26.4. The number of nitrogens with zero attached hydrogens (tertiary/aromatic N) is 3. The van der Waals surface area contributed by atoms with Gasteiger partial charge in [0, 0.05) is 22.8 Å². The molecule has 3 heterocycles. The molecule has 0 aliphatic carbocycles. The third kappa shape index (κ3) is 4.23. The Labute approximate surface area is 254 Å². The molecule has 0 spiro atoms. The molecule has 0 saturated heterocycles. The third-order valence-corrected chi connectivity index (χ3v) is 8.03. The van der Waals surface area contributed by atoms with Crippen molar-refractivity contribution in [1.82, 2.24) is 9.97 Å². The van der Waals surface area contributed by atoms with Crippen molar-refractivity contribution in [3.63, 3.8) is 0 Å². The van der Waals surface area contributed by atoms with Gasteiger partial charge in [-0.3, -0.25) is 4.98 Å². The van der Waals surface area contributed by atoms with Crippen LogP contribution in [0.15, 0.2) is 120 Å². The van der Waals surface area contributed by atoms with E-state index in [1.54, 1.807) is 0 Å². The maximum Gasteiger partial charge on any atom is 2.00 e. The standard InChI is InChI=1S/C35H26N3S.Pt/c1-35(2)27-12-6-7-13-30(27)38(33-14-8-9-21-36-33)31-22-24(15-18-28(31)35)29-19-16-26-25(23-10-4-3-5-11-23)17-20-32(39)34(26)37-29;/h3-21,39H,1-2H3;/q-1;+2/p-1. The van der Waals surface area contributed by atoms with Gasteiger partial charge in [-0.05, 0) is 51.7 Å². The molecule has 1 aliphatic heterocycles. The van der Waals surface area contributed by atoms with E-state index in [1.165, 1.54) is 11.1 Å². The van der Waals surface area contributed by atoms with Crippen molar-refractivity contribution < 1.29 is 21.1 Å². The second-order valence-corrected chi connectivity index (χ2v) is 10.8. The molecule has 0 N–H and O–H groups in total. The fourth-order valence-electron chi connectivity index (χ4n) is 5.71. The van der Waals surface area contributed by atoms with E-state index in [-0.39, 0.29) is 26.5 Å². The zero-order valence-electron chi connectivity index (χ0n) is 22.0. The van der Waals surface area contributed by atoms with Gasteiger partial charge in [-0.1, -0.05) is 98.3 Å². The SMILES string of the molecule is CC1(C)c2ccc(-c3ccc4c(-c5ccccc5)ccc([S-])c4n3)[c-]c2N(c2ccccn2)c2ccccc21.[Pt+2]. The molecular weight excluding hydrogens is 690 g/mol. The average Bonchev–Trinajstić information content (AvgIpc) is 2.98. The second kappa shape index (κ2) is 10.3. The maximum absolute atomic E-state index is 5.74. The molecule has 6 aromatic rings. The summed E-state index contributed by atoms with van der Waals surface area (Å²) in [6.45, 7) is 4.55. The van der Waals surface area contributed by atoms with Crippen LogP contribution in [-0.4, -0.2) is 9.97 Å². The van der Waals surface area contributed by atoms with E-state index in [4.69, 9.17) is 22.6 Å². The molecule has 0 fully saturated rings. The normalized spacial score (nSPS) is 13.3. The Morgan fingerprint density at radius 2 is 1.52 bits per heavy atom. The molecular formula is C35H25N3PtS. The number of hydrogen-bond donors (Lipinski definition) is 0. The Morgan fingerprint density at radius 3 is 2.33 bits per heavy atom. The molecule has 0 atom stereocenters. The minimum atomic E-state index is -0.193. The summed E-state index contributed by atoms with van der Waals surface area (Å²) in [5, 5.41) is 1.06. The summed E-state index contributed by atoms with van der Waals surface area (Å²) in [7, 11) is 0. The van der Waals surface area contributed by atoms with Gasteiger partial charge in [0.15, 0.2) is 0 Å². The molecule has 0 radical (unpaired) electrons. The van der Waals surface area contributed by atoms with Crippen molar-refractivity contribution >= 4 is 40.7 Å². The Kier molecular flexibility index (Phi) is 6.78. The monoisotopic (exact) mass is 714 g/mol. The number of anilines is 3. The third-order valence-electron chi connectivity index (χ3n) is 7.70. The van der Waals surface area contributed by atoms with Gasteiger partial charge in [-0.25, -0.2) is 4.98 Å². The van der Waals surface area contributed by atoms with Crippen LogP contribution in [0.25, 0.3) is 33.3 Å². The molecule has 40 heavy (non-hydrogen) atoms. The van der Waals surface area contributed by atoms with Crippen LogP contribution in [0.5, 0.6) is 0 Å².